The first kappa shape index (κ1) is 13.5. The first-order valence-corrected chi connectivity index (χ1v) is 6.46. The van der Waals surface area contributed by atoms with Crippen molar-refractivity contribution in [1.29, 1.82) is 0 Å². The second-order valence-corrected chi connectivity index (χ2v) is 5.04. The predicted molar refractivity (Wildman–Crippen MR) is 69.9 cm³/mol. The second-order valence-electron chi connectivity index (χ2n) is 5.04. The van der Waals surface area contributed by atoms with E-state index in [1.54, 1.807) is 6.07 Å². The van der Waals surface area contributed by atoms with E-state index < -0.39 is 12.9 Å². The number of hydrogen-bond donors (Lipinski definition) is 2. The lowest BCUT2D eigenvalue weighted by Crippen LogP contribution is -2.31. The van der Waals surface area contributed by atoms with Crippen molar-refractivity contribution in [2.45, 2.75) is 26.3 Å². The molecule has 2 rings (SSSR count). The number of hydrogen-bond acceptors (Lipinski definition) is 3. The monoisotopic (exact) mass is 251 g/mol. The summed E-state index contributed by atoms with van der Waals surface area (Å²) in [5.41, 5.74) is 1.01. The molecule has 0 heterocycles. The molecule has 0 atom stereocenters. The molecule has 0 amide bonds. The molecular formula is C13H19BFNO2. The number of rotatable bonds is 6. The Morgan fingerprint density at radius 2 is 2.06 bits per heavy atom. The van der Waals surface area contributed by atoms with Crippen LogP contribution in [-0.4, -0.2) is 35.2 Å². The van der Waals surface area contributed by atoms with E-state index in [1.807, 2.05) is 0 Å². The Morgan fingerprint density at radius 3 is 2.61 bits per heavy atom. The minimum atomic E-state index is -1.61. The van der Waals surface area contributed by atoms with E-state index in [1.165, 1.54) is 18.9 Å². The summed E-state index contributed by atoms with van der Waals surface area (Å²) in [4.78, 5) is 2.26. The maximum atomic E-state index is 13.4. The van der Waals surface area contributed by atoms with E-state index in [2.05, 4.69) is 11.8 Å². The van der Waals surface area contributed by atoms with Crippen LogP contribution in [0.2, 0.25) is 0 Å². The highest BCUT2D eigenvalue weighted by molar-refractivity contribution is 6.58. The first-order valence-electron chi connectivity index (χ1n) is 6.46. The Hall–Kier alpha value is -0.905. The molecular weight excluding hydrogens is 232 g/mol. The minimum absolute atomic E-state index is 0.215. The van der Waals surface area contributed by atoms with E-state index in [0.717, 1.165) is 30.6 Å². The lowest BCUT2D eigenvalue weighted by molar-refractivity contribution is 0.268. The van der Waals surface area contributed by atoms with Crippen molar-refractivity contribution in [3.05, 3.63) is 29.6 Å². The Labute approximate surface area is 107 Å². The lowest BCUT2D eigenvalue weighted by Gasteiger charge is -2.20. The summed E-state index contributed by atoms with van der Waals surface area (Å²) >= 11 is 0. The van der Waals surface area contributed by atoms with Crippen molar-refractivity contribution in [1.82, 2.24) is 4.90 Å². The lowest BCUT2D eigenvalue weighted by atomic mass is 9.79. The Kier molecular flexibility index (Phi) is 4.38. The summed E-state index contributed by atoms with van der Waals surface area (Å²) in [5.74, 6) is 0.375. The molecule has 0 bridgehead atoms. The summed E-state index contributed by atoms with van der Waals surface area (Å²) in [7, 11) is -1.61. The fraction of sp³-hybridized carbons (Fsp3) is 0.538. The second kappa shape index (κ2) is 5.82. The molecule has 0 aliphatic heterocycles. The van der Waals surface area contributed by atoms with Crippen molar-refractivity contribution < 1.29 is 14.4 Å². The van der Waals surface area contributed by atoms with Crippen molar-refractivity contribution in [3.8, 4) is 0 Å². The summed E-state index contributed by atoms with van der Waals surface area (Å²) in [5, 5.41) is 18.2. The van der Waals surface area contributed by atoms with Crippen LogP contribution in [0.25, 0.3) is 0 Å². The molecule has 3 nitrogen and oxygen atoms in total. The standard InChI is InChI=1S/C13H19BFNO2/c1-2-16(8-10-3-4-10)9-11-5-12(14(17)18)7-13(15)6-11/h5-7,10,17-18H,2-4,8-9H2,1H3. The van der Waals surface area contributed by atoms with Gasteiger partial charge in [0.1, 0.15) is 5.82 Å². The molecule has 1 aromatic carbocycles. The summed E-state index contributed by atoms with van der Waals surface area (Å²) in [6, 6.07) is 4.27. The smallest absolute Gasteiger partial charge is 0.423 e. The van der Waals surface area contributed by atoms with Crippen LogP contribution in [0.3, 0.4) is 0 Å². The third-order valence-electron chi connectivity index (χ3n) is 3.34. The number of nitrogens with zero attached hydrogens (tertiary/aromatic N) is 1. The van der Waals surface area contributed by atoms with Gasteiger partial charge >= 0.3 is 7.12 Å². The van der Waals surface area contributed by atoms with E-state index >= 15 is 0 Å². The Balaban J connectivity index is 2.06. The van der Waals surface area contributed by atoms with Crippen LogP contribution in [0.1, 0.15) is 25.3 Å². The maximum Gasteiger partial charge on any atom is 0.488 e. The van der Waals surface area contributed by atoms with Gasteiger partial charge in [-0.3, -0.25) is 4.90 Å². The third kappa shape index (κ3) is 3.80. The molecule has 1 saturated carbocycles. The van der Waals surface area contributed by atoms with Crippen molar-refractivity contribution in [2.75, 3.05) is 13.1 Å². The zero-order valence-corrected chi connectivity index (χ0v) is 10.6. The molecule has 0 radical (unpaired) electrons. The van der Waals surface area contributed by atoms with Gasteiger partial charge in [-0.05, 0) is 48.5 Å². The molecule has 5 heteroatoms. The average molecular weight is 251 g/mol. The fourth-order valence-electron chi connectivity index (χ4n) is 2.14. The van der Waals surface area contributed by atoms with E-state index in [4.69, 9.17) is 10.0 Å². The zero-order valence-electron chi connectivity index (χ0n) is 10.6. The average Bonchev–Trinajstić information content (AvgIpc) is 3.11. The molecule has 98 valence electrons. The zero-order chi connectivity index (χ0) is 13.1. The maximum absolute atomic E-state index is 13.4. The molecule has 18 heavy (non-hydrogen) atoms. The van der Waals surface area contributed by atoms with E-state index in [-0.39, 0.29) is 5.46 Å². The van der Waals surface area contributed by atoms with Gasteiger partial charge in [-0.2, -0.15) is 0 Å². The summed E-state index contributed by atoms with van der Waals surface area (Å²) in [6.07, 6.45) is 2.58. The SMILES string of the molecule is CCN(Cc1cc(F)cc(B(O)O)c1)CC1CC1. The first-order chi connectivity index (χ1) is 8.58. The van der Waals surface area contributed by atoms with Crippen LogP contribution in [-0.2, 0) is 6.54 Å². The van der Waals surface area contributed by atoms with Crippen molar-refractivity contribution in [2.24, 2.45) is 5.92 Å². The molecule has 1 aliphatic rings. The third-order valence-corrected chi connectivity index (χ3v) is 3.34. The molecule has 0 aromatic heterocycles. The highest BCUT2D eigenvalue weighted by Gasteiger charge is 2.24. The Morgan fingerprint density at radius 1 is 1.33 bits per heavy atom. The summed E-state index contributed by atoms with van der Waals surface area (Å²) < 4.78 is 13.4. The topological polar surface area (TPSA) is 43.7 Å². The van der Waals surface area contributed by atoms with Gasteiger partial charge in [0.05, 0.1) is 0 Å². The fourth-order valence-corrected chi connectivity index (χ4v) is 2.14. The molecule has 1 aromatic rings. The molecule has 0 spiro atoms. The van der Waals surface area contributed by atoms with Crippen LogP contribution in [0.5, 0.6) is 0 Å². The summed E-state index contributed by atoms with van der Waals surface area (Å²) in [6.45, 7) is 4.71. The normalized spacial score (nSPS) is 15.2. The number of halogens is 1. The van der Waals surface area contributed by atoms with Gasteiger partial charge in [-0.25, -0.2) is 4.39 Å². The minimum Gasteiger partial charge on any atom is -0.423 e. The van der Waals surface area contributed by atoms with Crippen LogP contribution in [0.4, 0.5) is 4.39 Å². The van der Waals surface area contributed by atoms with Gasteiger partial charge in [0.15, 0.2) is 0 Å². The highest BCUT2D eigenvalue weighted by Crippen LogP contribution is 2.30. The van der Waals surface area contributed by atoms with Crippen molar-refractivity contribution >= 4 is 12.6 Å². The van der Waals surface area contributed by atoms with Crippen molar-refractivity contribution in [3.63, 3.8) is 0 Å². The Bertz CT molecular complexity index is 410. The van der Waals surface area contributed by atoms with E-state index in [9.17, 15) is 4.39 Å². The molecule has 1 aliphatic carbocycles. The van der Waals surface area contributed by atoms with Crippen LogP contribution < -0.4 is 5.46 Å². The van der Waals surface area contributed by atoms with Crippen LogP contribution >= 0.6 is 0 Å². The quantitative estimate of drug-likeness (QED) is 0.733. The van der Waals surface area contributed by atoms with Gasteiger partial charge in [0, 0.05) is 13.1 Å². The number of benzene rings is 1. The van der Waals surface area contributed by atoms with Gasteiger partial charge < -0.3 is 10.0 Å². The van der Waals surface area contributed by atoms with Crippen LogP contribution in [0.15, 0.2) is 18.2 Å². The van der Waals surface area contributed by atoms with Gasteiger partial charge in [0.2, 0.25) is 0 Å². The van der Waals surface area contributed by atoms with Gasteiger partial charge in [-0.1, -0.05) is 13.0 Å². The predicted octanol–water partition coefficient (Wildman–Crippen LogP) is 0.737. The van der Waals surface area contributed by atoms with E-state index in [0.29, 0.717) is 6.54 Å². The van der Waals surface area contributed by atoms with Crippen LogP contribution in [0, 0.1) is 11.7 Å². The molecule has 0 saturated heterocycles. The molecule has 1 fully saturated rings. The van der Waals surface area contributed by atoms with Gasteiger partial charge in [0.25, 0.3) is 0 Å². The van der Waals surface area contributed by atoms with Gasteiger partial charge in [-0.15, -0.1) is 0 Å². The highest BCUT2D eigenvalue weighted by atomic mass is 19.1. The largest absolute Gasteiger partial charge is 0.488 e. The molecule has 2 N–H and O–H groups in total. The molecule has 0 unspecified atom stereocenters.